The highest BCUT2D eigenvalue weighted by Crippen LogP contribution is 2.40. The molecular weight excluding hydrogens is 688 g/mol. The van der Waals surface area contributed by atoms with E-state index in [1.807, 2.05) is 67.6 Å². The topological polar surface area (TPSA) is 88.2 Å². The van der Waals surface area contributed by atoms with Gasteiger partial charge < -0.3 is 24.4 Å². The molecule has 10 nitrogen and oxygen atoms in total. The Hall–Kier alpha value is -3.83. The van der Waals surface area contributed by atoms with E-state index in [0.717, 1.165) is 100 Å². The van der Waals surface area contributed by atoms with Crippen molar-refractivity contribution in [2.24, 2.45) is 0 Å². The molecule has 53 heavy (non-hydrogen) atoms. The molecule has 2 heterocycles. The van der Waals surface area contributed by atoms with Gasteiger partial charge in [-0.3, -0.25) is 9.47 Å². The number of ether oxygens (including phenoxy) is 2. The minimum Gasteiger partial charge on any atom is -0.497 e. The molecule has 2 fully saturated rings. The standard InChI is InChI=1S/C25H32ClN5O2.C17H27NO2/c1-2-24-27-31(25(32)30(24)18-19-33-23-10-4-3-5-11-23)13-7-12-28-14-16-29(17-15-28)22-9-6-8-21(26)20-22;1-18(2)13-16(17(19)11-5-4-6-12-17)14-7-9-15(20-3)10-8-14/h3-6,8-11,20H,2,7,12-19H2,1H3;7-10,16,19H,4-6,11-13H2,1-3H3. The number of aliphatic hydroxyl groups is 1. The Balaban J connectivity index is 0.000000231. The number of para-hydroxylation sites is 1. The number of aromatic nitrogens is 3. The van der Waals surface area contributed by atoms with Crippen molar-refractivity contribution in [1.29, 1.82) is 0 Å². The molecule has 1 aliphatic carbocycles. The lowest BCUT2D eigenvalue weighted by atomic mass is 9.72. The van der Waals surface area contributed by atoms with Gasteiger partial charge in [-0.1, -0.05) is 74.2 Å². The second-order valence-electron chi connectivity index (χ2n) is 14.5. The molecule has 1 saturated heterocycles. The molecule has 0 spiro atoms. The van der Waals surface area contributed by atoms with Crippen LogP contribution in [0.4, 0.5) is 5.69 Å². The third-order valence-electron chi connectivity index (χ3n) is 10.5. The SMILES string of the molecule is CCc1nn(CCCN2CCN(c3cccc(Cl)c3)CC2)c(=O)n1CCOc1ccccc1.COc1ccc(C(CN(C)C)C2(O)CCCCC2)cc1. The lowest BCUT2D eigenvalue weighted by Gasteiger charge is -2.40. The molecule has 1 aromatic heterocycles. The van der Waals surface area contributed by atoms with E-state index in [1.54, 1.807) is 16.4 Å². The maximum Gasteiger partial charge on any atom is 0.346 e. The third kappa shape index (κ3) is 11.6. The molecule has 1 unspecified atom stereocenters. The van der Waals surface area contributed by atoms with E-state index in [0.29, 0.717) is 19.7 Å². The van der Waals surface area contributed by atoms with E-state index in [1.165, 1.54) is 17.7 Å². The fraction of sp³-hybridized carbons (Fsp3) is 0.524. The lowest BCUT2D eigenvalue weighted by molar-refractivity contribution is -0.0277. The maximum atomic E-state index is 12.9. The van der Waals surface area contributed by atoms with Gasteiger partial charge >= 0.3 is 5.69 Å². The molecule has 1 aliphatic heterocycles. The second kappa shape index (κ2) is 20.0. The predicted octanol–water partition coefficient (Wildman–Crippen LogP) is 6.59. The van der Waals surface area contributed by atoms with Gasteiger partial charge in [0.1, 0.15) is 23.9 Å². The van der Waals surface area contributed by atoms with Crippen molar-refractivity contribution in [2.75, 3.05) is 72.0 Å². The van der Waals surface area contributed by atoms with Crippen LogP contribution in [0.3, 0.4) is 0 Å². The first-order valence-corrected chi connectivity index (χ1v) is 19.6. The molecule has 288 valence electrons. The zero-order chi connectivity index (χ0) is 37.6. The van der Waals surface area contributed by atoms with Crippen LogP contribution >= 0.6 is 11.6 Å². The van der Waals surface area contributed by atoms with Gasteiger partial charge in [0.2, 0.25) is 0 Å². The number of hydrogen-bond donors (Lipinski definition) is 1. The minimum atomic E-state index is -0.558. The summed E-state index contributed by atoms with van der Waals surface area (Å²) in [6.45, 7) is 9.42. The molecule has 6 rings (SSSR count). The summed E-state index contributed by atoms with van der Waals surface area (Å²) in [5, 5.41) is 16.4. The molecule has 1 saturated carbocycles. The van der Waals surface area contributed by atoms with Gasteiger partial charge in [-0.05, 0) is 81.4 Å². The number of likely N-dealkylation sites (N-methyl/N-ethyl adjacent to an activating group) is 1. The summed E-state index contributed by atoms with van der Waals surface area (Å²) in [6.07, 6.45) is 6.97. The average molecular weight is 747 g/mol. The number of nitrogens with zero attached hydrogens (tertiary/aromatic N) is 6. The van der Waals surface area contributed by atoms with E-state index in [4.69, 9.17) is 21.1 Å². The smallest absolute Gasteiger partial charge is 0.346 e. The van der Waals surface area contributed by atoms with Crippen molar-refractivity contribution in [3.05, 3.63) is 106 Å². The summed E-state index contributed by atoms with van der Waals surface area (Å²) >= 11 is 6.13. The molecule has 4 aromatic rings. The van der Waals surface area contributed by atoms with Crippen molar-refractivity contribution in [1.82, 2.24) is 24.1 Å². The lowest BCUT2D eigenvalue weighted by Crippen LogP contribution is -2.46. The largest absolute Gasteiger partial charge is 0.497 e. The number of rotatable bonds is 15. The van der Waals surface area contributed by atoms with Gasteiger partial charge in [0.15, 0.2) is 0 Å². The summed E-state index contributed by atoms with van der Waals surface area (Å²) in [5.74, 6) is 2.66. The first-order chi connectivity index (χ1) is 25.7. The Morgan fingerprint density at radius 3 is 2.25 bits per heavy atom. The summed E-state index contributed by atoms with van der Waals surface area (Å²) in [7, 11) is 5.83. The van der Waals surface area contributed by atoms with Crippen molar-refractivity contribution in [3.8, 4) is 11.5 Å². The normalized spacial score (nSPS) is 16.5. The quantitative estimate of drug-likeness (QED) is 0.146. The highest BCUT2D eigenvalue weighted by molar-refractivity contribution is 6.30. The van der Waals surface area contributed by atoms with E-state index in [2.05, 4.69) is 52.1 Å². The predicted molar refractivity (Wildman–Crippen MR) is 215 cm³/mol. The van der Waals surface area contributed by atoms with Crippen LogP contribution in [-0.4, -0.2) is 102 Å². The Bertz CT molecular complexity index is 1710. The highest BCUT2D eigenvalue weighted by atomic mass is 35.5. The van der Waals surface area contributed by atoms with Crippen LogP contribution in [0.5, 0.6) is 11.5 Å². The second-order valence-corrected chi connectivity index (χ2v) is 14.9. The summed E-state index contributed by atoms with van der Waals surface area (Å²) in [4.78, 5) is 19.9. The Morgan fingerprint density at radius 1 is 0.887 bits per heavy atom. The highest BCUT2D eigenvalue weighted by Gasteiger charge is 2.38. The van der Waals surface area contributed by atoms with Crippen LogP contribution in [0.1, 0.15) is 62.8 Å². The summed E-state index contributed by atoms with van der Waals surface area (Å²) in [6, 6.07) is 25.9. The molecule has 0 bridgehead atoms. The number of hydrogen-bond acceptors (Lipinski definition) is 8. The van der Waals surface area contributed by atoms with Crippen LogP contribution in [-0.2, 0) is 19.5 Å². The van der Waals surface area contributed by atoms with Crippen LogP contribution < -0.4 is 20.1 Å². The van der Waals surface area contributed by atoms with Gasteiger partial charge in [0.25, 0.3) is 0 Å². The summed E-state index contributed by atoms with van der Waals surface area (Å²) < 4.78 is 14.4. The first kappa shape index (κ1) is 40.4. The van der Waals surface area contributed by atoms with Crippen LogP contribution in [0, 0.1) is 0 Å². The third-order valence-corrected chi connectivity index (χ3v) is 10.7. The number of benzene rings is 3. The van der Waals surface area contributed by atoms with Crippen LogP contribution in [0.15, 0.2) is 83.7 Å². The molecule has 1 atom stereocenters. The van der Waals surface area contributed by atoms with Crippen LogP contribution in [0.25, 0.3) is 0 Å². The molecule has 11 heteroatoms. The monoisotopic (exact) mass is 746 g/mol. The molecular formula is C42H59ClN6O4. The Labute approximate surface area is 320 Å². The Morgan fingerprint density at radius 2 is 1.60 bits per heavy atom. The van der Waals surface area contributed by atoms with Gasteiger partial charge in [-0.15, -0.1) is 0 Å². The fourth-order valence-electron chi connectivity index (χ4n) is 7.54. The number of aryl methyl sites for hydroxylation is 2. The molecule has 1 N–H and O–H groups in total. The number of halogens is 1. The van der Waals surface area contributed by atoms with Crippen molar-refractivity contribution >= 4 is 17.3 Å². The van der Waals surface area contributed by atoms with Gasteiger partial charge in [0.05, 0.1) is 19.3 Å². The maximum absolute atomic E-state index is 12.9. The fourth-order valence-corrected chi connectivity index (χ4v) is 7.72. The van der Waals surface area contributed by atoms with Gasteiger partial charge in [-0.25, -0.2) is 9.48 Å². The molecule has 0 radical (unpaired) electrons. The van der Waals surface area contributed by atoms with Crippen molar-refractivity contribution in [2.45, 2.75) is 76.5 Å². The van der Waals surface area contributed by atoms with E-state index in [9.17, 15) is 9.90 Å². The van der Waals surface area contributed by atoms with Crippen molar-refractivity contribution in [3.63, 3.8) is 0 Å². The molecule has 3 aromatic carbocycles. The summed E-state index contributed by atoms with van der Waals surface area (Å²) in [5.41, 5.74) is 1.79. The van der Waals surface area contributed by atoms with Crippen molar-refractivity contribution < 1.29 is 14.6 Å². The number of piperazine rings is 1. The molecule has 2 aliphatic rings. The van der Waals surface area contributed by atoms with Gasteiger partial charge in [0, 0.05) is 68.9 Å². The Kier molecular flexibility index (Phi) is 15.2. The number of methoxy groups -OCH3 is 1. The first-order valence-electron chi connectivity index (χ1n) is 19.3. The van der Waals surface area contributed by atoms with E-state index < -0.39 is 5.60 Å². The zero-order valence-corrected chi connectivity index (χ0v) is 32.9. The van der Waals surface area contributed by atoms with Crippen LogP contribution in [0.2, 0.25) is 5.02 Å². The van der Waals surface area contributed by atoms with Gasteiger partial charge in [-0.2, -0.15) is 5.10 Å². The van der Waals surface area contributed by atoms with E-state index in [-0.39, 0.29) is 11.6 Å². The molecule has 0 amide bonds. The van der Waals surface area contributed by atoms with E-state index >= 15 is 0 Å². The number of anilines is 1. The zero-order valence-electron chi connectivity index (χ0n) is 32.1. The minimum absolute atomic E-state index is 0.0470. The average Bonchev–Trinajstić information content (AvgIpc) is 3.48.